The number of carboxylic acids is 1. The topological polar surface area (TPSA) is 61.1 Å². The lowest BCUT2D eigenvalue weighted by Gasteiger charge is -2.11. The van der Waals surface area contributed by atoms with Crippen LogP contribution >= 0.6 is 0 Å². The highest BCUT2D eigenvalue weighted by molar-refractivity contribution is 5.76. The Hall–Kier alpha value is -1.82. The summed E-state index contributed by atoms with van der Waals surface area (Å²) in [7, 11) is 0. The van der Waals surface area contributed by atoms with Crippen LogP contribution in [0.1, 0.15) is 29.9 Å². The Morgan fingerprint density at radius 1 is 1.60 bits per heavy atom. The van der Waals surface area contributed by atoms with Gasteiger partial charge in [0.2, 0.25) is 0 Å². The van der Waals surface area contributed by atoms with E-state index >= 15 is 0 Å². The first-order chi connectivity index (χ1) is 7.15. The molecule has 0 fully saturated rings. The van der Waals surface area contributed by atoms with Crippen LogP contribution in [0.5, 0.6) is 0 Å². The zero-order valence-corrected chi connectivity index (χ0v) is 8.60. The van der Waals surface area contributed by atoms with Crippen LogP contribution in [0.4, 0.5) is 0 Å². The van der Waals surface area contributed by atoms with Gasteiger partial charge in [-0.05, 0) is 18.9 Å². The summed E-state index contributed by atoms with van der Waals surface area (Å²) >= 11 is 0. The fourth-order valence-electron chi connectivity index (χ4n) is 1.53. The molecule has 1 unspecified atom stereocenters. The number of rotatable bonds is 4. The third kappa shape index (κ3) is 3.10. The van der Waals surface area contributed by atoms with Crippen LogP contribution in [0.25, 0.3) is 0 Å². The largest absolute Gasteiger partial charge is 0.481 e. The molecular formula is C12H13NO2. The number of aryl methyl sites for hydroxylation is 1. The van der Waals surface area contributed by atoms with Crippen LogP contribution in [0.3, 0.4) is 0 Å². The van der Waals surface area contributed by atoms with Crippen LogP contribution in [-0.4, -0.2) is 11.1 Å². The summed E-state index contributed by atoms with van der Waals surface area (Å²) in [4.78, 5) is 11.0. The number of nitriles is 1. The lowest BCUT2D eigenvalue weighted by Crippen LogP contribution is -2.11. The summed E-state index contributed by atoms with van der Waals surface area (Å²) in [5.41, 5.74) is 1.81. The van der Waals surface area contributed by atoms with Crippen LogP contribution in [-0.2, 0) is 4.79 Å². The Balaban J connectivity index is 2.89. The van der Waals surface area contributed by atoms with Crippen molar-refractivity contribution in [1.29, 1.82) is 5.26 Å². The normalized spacial score (nSPS) is 11.7. The molecule has 1 rings (SSSR count). The Bertz CT molecular complexity index is 393. The summed E-state index contributed by atoms with van der Waals surface area (Å²) in [5, 5.41) is 17.5. The van der Waals surface area contributed by atoms with Gasteiger partial charge >= 0.3 is 5.97 Å². The monoisotopic (exact) mass is 203 g/mol. The van der Waals surface area contributed by atoms with E-state index in [4.69, 9.17) is 10.4 Å². The molecule has 3 heteroatoms. The molecule has 0 aliphatic heterocycles. The molecule has 0 aromatic heterocycles. The van der Waals surface area contributed by atoms with Gasteiger partial charge in [0.05, 0.1) is 12.0 Å². The summed E-state index contributed by atoms with van der Waals surface area (Å²) in [6.45, 7) is 1.92. The van der Waals surface area contributed by atoms with Crippen molar-refractivity contribution in [3.63, 3.8) is 0 Å². The van der Waals surface area contributed by atoms with Gasteiger partial charge in [-0.15, -0.1) is 0 Å². The Labute approximate surface area is 89.0 Å². The molecule has 15 heavy (non-hydrogen) atoms. The first kappa shape index (κ1) is 11.3. The summed E-state index contributed by atoms with van der Waals surface area (Å²) < 4.78 is 0. The Kier molecular flexibility index (Phi) is 3.87. The van der Waals surface area contributed by atoms with E-state index in [1.807, 2.05) is 31.2 Å². The van der Waals surface area contributed by atoms with Crippen molar-refractivity contribution < 1.29 is 9.90 Å². The second kappa shape index (κ2) is 5.16. The molecule has 1 N–H and O–H groups in total. The fourth-order valence-corrected chi connectivity index (χ4v) is 1.53. The van der Waals surface area contributed by atoms with Gasteiger partial charge in [-0.1, -0.05) is 29.8 Å². The third-order valence-corrected chi connectivity index (χ3v) is 2.29. The summed E-state index contributed by atoms with van der Waals surface area (Å²) in [5.74, 6) is -1.43. The highest BCUT2D eigenvalue weighted by Crippen LogP contribution is 2.22. The van der Waals surface area contributed by atoms with Crippen molar-refractivity contribution in [3.8, 4) is 6.07 Å². The van der Waals surface area contributed by atoms with Crippen LogP contribution in [0, 0.1) is 18.3 Å². The fraction of sp³-hybridized carbons (Fsp3) is 0.333. The predicted molar refractivity (Wildman–Crippen MR) is 56.4 cm³/mol. The molecule has 78 valence electrons. The van der Waals surface area contributed by atoms with Crippen molar-refractivity contribution in [2.45, 2.75) is 25.7 Å². The minimum atomic E-state index is -0.865. The number of benzene rings is 1. The van der Waals surface area contributed by atoms with Crippen LogP contribution in [0.15, 0.2) is 24.3 Å². The molecule has 0 bridgehead atoms. The average Bonchev–Trinajstić information content (AvgIpc) is 2.18. The molecule has 0 radical (unpaired) electrons. The maximum atomic E-state index is 11.0. The zero-order chi connectivity index (χ0) is 11.3. The van der Waals surface area contributed by atoms with E-state index < -0.39 is 11.9 Å². The maximum Gasteiger partial charge on any atom is 0.311 e. The Morgan fingerprint density at radius 2 is 2.33 bits per heavy atom. The van der Waals surface area contributed by atoms with Gasteiger partial charge < -0.3 is 5.11 Å². The van der Waals surface area contributed by atoms with E-state index in [9.17, 15) is 4.79 Å². The van der Waals surface area contributed by atoms with Gasteiger partial charge in [-0.25, -0.2) is 0 Å². The molecule has 1 aromatic rings. The number of aliphatic carboxylic acids is 1. The summed E-state index contributed by atoms with van der Waals surface area (Å²) in [6, 6.07) is 9.39. The minimum Gasteiger partial charge on any atom is -0.481 e. The van der Waals surface area contributed by atoms with Crippen molar-refractivity contribution >= 4 is 5.97 Å². The minimum absolute atomic E-state index is 0.269. The number of hydrogen-bond acceptors (Lipinski definition) is 2. The number of carbonyl (C=O) groups is 1. The standard InChI is InChI=1S/C12H13NO2/c1-9-4-2-5-10(8-9)11(12(14)15)6-3-7-13/h2,4-5,8,11H,3,6H2,1H3,(H,14,15). The van der Waals surface area contributed by atoms with E-state index in [0.29, 0.717) is 6.42 Å². The van der Waals surface area contributed by atoms with Crippen molar-refractivity contribution in [3.05, 3.63) is 35.4 Å². The molecule has 0 heterocycles. The molecule has 1 atom stereocenters. The maximum absolute atomic E-state index is 11.0. The smallest absolute Gasteiger partial charge is 0.311 e. The van der Waals surface area contributed by atoms with Crippen molar-refractivity contribution in [1.82, 2.24) is 0 Å². The lowest BCUT2D eigenvalue weighted by molar-refractivity contribution is -0.138. The molecule has 0 aliphatic carbocycles. The third-order valence-electron chi connectivity index (χ3n) is 2.29. The van der Waals surface area contributed by atoms with E-state index in [-0.39, 0.29) is 6.42 Å². The van der Waals surface area contributed by atoms with Gasteiger partial charge in [0.15, 0.2) is 0 Å². The second-order valence-corrected chi connectivity index (χ2v) is 3.50. The van der Waals surface area contributed by atoms with Gasteiger partial charge in [0.1, 0.15) is 0 Å². The van der Waals surface area contributed by atoms with Gasteiger partial charge in [0.25, 0.3) is 0 Å². The second-order valence-electron chi connectivity index (χ2n) is 3.50. The molecule has 1 aromatic carbocycles. The molecule has 3 nitrogen and oxygen atoms in total. The zero-order valence-electron chi connectivity index (χ0n) is 8.60. The highest BCUT2D eigenvalue weighted by atomic mass is 16.4. The first-order valence-corrected chi connectivity index (χ1v) is 4.81. The van der Waals surface area contributed by atoms with E-state index in [2.05, 4.69) is 0 Å². The number of hydrogen-bond donors (Lipinski definition) is 1. The molecule has 0 aliphatic rings. The molecule has 0 amide bonds. The van der Waals surface area contributed by atoms with Gasteiger partial charge in [0, 0.05) is 6.42 Å². The predicted octanol–water partition coefficient (Wildman–Crippen LogP) is 2.47. The number of carboxylic acid groups (broad SMARTS) is 1. The highest BCUT2D eigenvalue weighted by Gasteiger charge is 2.18. The SMILES string of the molecule is Cc1cccc(C(CCC#N)C(=O)O)c1. The van der Waals surface area contributed by atoms with Crippen molar-refractivity contribution in [2.24, 2.45) is 0 Å². The average molecular weight is 203 g/mol. The molecule has 0 saturated heterocycles. The summed E-state index contributed by atoms with van der Waals surface area (Å²) in [6.07, 6.45) is 0.639. The van der Waals surface area contributed by atoms with E-state index in [1.165, 1.54) is 0 Å². The molecular weight excluding hydrogens is 190 g/mol. The van der Waals surface area contributed by atoms with Crippen molar-refractivity contribution in [2.75, 3.05) is 0 Å². The number of nitrogens with zero attached hydrogens (tertiary/aromatic N) is 1. The van der Waals surface area contributed by atoms with Crippen LogP contribution < -0.4 is 0 Å². The lowest BCUT2D eigenvalue weighted by atomic mass is 9.93. The van der Waals surface area contributed by atoms with Gasteiger partial charge in [-0.3, -0.25) is 4.79 Å². The van der Waals surface area contributed by atoms with E-state index in [1.54, 1.807) is 6.07 Å². The van der Waals surface area contributed by atoms with Crippen LogP contribution in [0.2, 0.25) is 0 Å². The molecule has 0 saturated carbocycles. The Morgan fingerprint density at radius 3 is 2.87 bits per heavy atom. The first-order valence-electron chi connectivity index (χ1n) is 4.81. The quantitative estimate of drug-likeness (QED) is 0.817. The van der Waals surface area contributed by atoms with Gasteiger partial charge in [-0.2, -0.15) is 5.26 Å². The van der Waals surface area contributed by atoms with E-state index in [0.717, 1.165) is 11.1 Å². The molecule has 0 spiro atoms.